The minimum absolute atomic E-state index is 0.215. The molecule has 1 aromatic carbocycles. The Labute approximate surface area is 233 Å². The molecule has 1 amide bonds. The lowest BCUT2D eigenvalue weighted by atomic mass is 9.97. The number of ether oxygens (including phenoxy) is 3. The lowest BCUT2D eigenvalue weighted by molar-refractivity contribution is 0.0188. The van der Waals surface area contributed by atoms with Crippen molar-refractivity contribution in [3.8, 4) is 11.5 Å². The van der Waals surface area contributed by atoms with Gasteiger partial charge in [-0.2, -0.15) is 0 Å². The van der Waals surface area contributed by atoms with Gasteiger partial charge < -0.3 is 34.6 Å². The summed E-state index contributed by atoms with van der Waals surface area (Å²) in [6.45, 7) is 12.2. The summed E-state index contributed by atoms with van der Waals surface area (Å²) in [6, 6.07) is 9.84. The highest BCUT2D eigenvalue weighted by molar-refractivity contribution is 5.68. The molecule has 0 aliphatic carbocycles. The van der Waals surface area contributed by atoms with Crippen LogP contribution in [0.15, 0.2) is 36.5 Å². The number of hydrogen-bond donors (Lipinski definition) is 2. The Balaban J connectivity index is 1.24. The second-order valence-corrected chi connectivity index (χ2v) is 11.5. The van der Waals surface area contributed by atoms with Gasteiger partial charge in [0.15, 0.2) is 11.5 Å². The van der Waals surface area contributed by atoms with Crippen LogP contribution in [-0.4, -0.2) is 79.5 Å². The molecule has 39 heavy (non-hydrogen) atoms. The zero-order chi connectivity index (χ0) is 27.7. The number of carbonyl (C=O) groups is 1. The quantitative estimate of drug-likeness (QED) is 0.349. The monoisotopic (exact) mass is 539 g/mol. The summed E-state index contributed by atoms with van der Waals surface area (Å²) in [5, 5.41) is 6.94. The van der Waals surface area contributed by atoms with Crippen LogP contribution in [0.25, 0.3) is 0 Å². The van der Waals surface area contributed by atoms with E-state index >= 15 is 0 Å². The van der Waals surface area contributed by atoms with Gasteiger partial charge >= 0.3 is 6.09 Å². The van der Waals surface area contributed by atoms with Gasteiger partial charge in [0.05, 0.1) is 13.7 Å². The van der Waals surface area contributed by atoms with E-state index in [0.717, 1.165) is 74.1 Å². The van der Waals surface area contributed by atoms with Crippen molar-refractivity contribution in [2.75, 3.05) is 63.6 Å². The maximum absolute atomic E-state index is 12.3. The Hall–Kier alpha value is -3.20. The molecule has 2 aromatic rings. The number of aromatic nitrogens is 1. The molecule has 0 unspecified atom stereocenters. The summed E-state index contributed by atoms with van der Waals surface area (Å²) in [4.78, 5) is 21.1. The van der Waals surface area contributed by atoms with E-state index in [1.54, 1.807) is 13.3 Å². The summed E-state index contributed by atoms with van der Waals surface area (Å²) in [6.07, 6.45) is 7.10. The van der Waals surface area contributed by atoms with Crippen LogP contribution >= 0.6 is 0 Å². The molecule has 2 fully saturated rings. The Kier molecular flexibility index (Phi) is 10.1. The number of rotatable bonds is 11. The third-order valence-corrected chi connectivity index (χ3v) is 7.13. The highest BCUT2D eigenvalue weighted by atomic mass is 16.6. The number of anilines is 3. The van der Waals surface area contributed by atoms with Crippen molar-refractivity contribution >= 4 is 23.3 Å². The fourth-order valence-electron chi connectivity index (χ4n) is 5.01. The standard InChI is InChI=1S/C30H45N5O4/c1-30(2,3)39-29(36)35-17-11-23(12-18-35)22-32-24-10-13-31-28(21-24)33-25-8-9-26(37-4)27(20-25)38-19-7-16-34-14-5-6-15-34/h8-10,13,20-21,23H,5-7,11-12,14-19,22H2,1-4H3,(H2,31,32,33). The normalized spacial score (nSPS) is 16.7. The molecule has 2 N–H and O–H groups in total. The molecule has 9 nitrogen and oxygen atoms in total. The maximum atomic E-state index is 12.3. The largest absolute Gasteiger partial charge is 0.493 e. The average molecular weight is 540 g/mol. The maximum Gasteiger partial charge on any atom is 0.410 e. The van der Waals surface area contributed by atoms with Crippen LogP contribution in [0.2, 0.25) is 0 Å². The number of pyridine rings is 1. The molecule has 2 aliphatic heterocycles. The number of nitrogens with one attached hydrogen (secondary N) is 2. The van der Waals surface area contributed by atoms with Gasteiger partial charge in [-0.3, -0.25) is 0 Å². The summed E-state index contributed by atoms with van der Waals surface area (Å²) in [7, 11) is 1.66. The first-order chi connectivity index (χ1) is 18.8. The molecule has 0 atom stereocenters. The van der Waals surface area contributed by atoms with Gasteiger partial charge in [0.1, 0.15) is 11.4 Å². The highest BCUT2D eigenvalue weighted by Gasteiger charge is 2.26. The number of amides is 1. The van der Waals surface area contributed by atoms with Gasteiger partial charge in [0.2, 0.25) is 0 Å². The van der Waals surface area contributed by atoms with E-state index in [0.29, 0.717) is 12.5 Å². The van der Waals surface area contributed by atoms with Crippen molar-refractivity contribution in [3.05, 3.63) is 36.5 Å². The van der Waals surface area contributed by atoms with Crippen LogP contribution in [-0.2, 0) is 4.74 Å². The van der Waals surface area contributed by atoms with Crippen LogP contribution in [0.4, 0.5) is 22.0 Å². The third kappa shape index (κ3) is 9.20. The van der Waals surface area contributed by atoms with E-state index < -0.39 is 5.60 Å². The summed E-state index contributed by atoms with van der Waals surface area (Å²) in [5.41, 5.74) is 1.44. The number of methoxy groups -OCH3 is 1. The van der Waals surface area contributed by atoms with Crippen molar-refractivity contribution in [1.82, 2.24) is 14.8 Å². The summed E-state index contributed by atoms with van der Waals surface area (Å²) >= 11 is 0. The lowest BCUT2D eigenvalue weighted by Gasteiger charge is -2.33. The van der Waals surface area contributed by atoms with Crippen LogP contribution < -0.4 is 20.1 Å². The van der Waals surface area contributed by atoms with Gasteiger partial charge in [-0.15, -0.1) is 0 Å². The van der Waals surface area contributed by atoms with Gasteiger partial charge in [-0.05, 0) is 90.1 Å². The van der Waals surface area contributed by atoms with E-state index in [1.807, 2.05) is 56.0 Å². The van der Waals surface area contributed by atoms with Crippen LogP contribution in [0.1, 0.15) is 52.9 Å². The first-order valence-corrected chi connectivity index (χ1v) is 14.3. The Morgan fingerprint density at radius 2 is 1.79 bits per heavy atom. The molecular formula is C30H45N5O4. The number of nitrogens with zero attached hydrogens (tertiary/aromatic N) is 3. The van der Waals surface area contributed by atoms with Crippen LogP contribution in [0.3, 0.4) is 0 Å². The van der Waals surface area contributed by atoms with Crippen molar-refractivity contribution in [1.29, 1.82) is 0 Å². The lowest BCUT2D eigenvalue weighted by Crippen LogP contribution is -2.42. The first-order valence-electron chi connectivity index (χ1n) is 14.3. The molecule has 0 radical (unpaired) electrons. The zero-order valence-corrected chi connectivity index (χ0v) is 24.0. The minimum atomic E-state index is -0.462. The molecule has 214 valence electrons. The van der Waals surface area contributed by atoms with E-state index in [1.165, 1.54) is 25.9 Å². The molecule has 1 aromatic heterocycles. The molecular weight excluding hydrogens is 494 g/mol. The van der Waals surface area contributed by atoms with Gasteiger partial charge in [0, 0.05) is 55.9 Å². The second kappa shape index (κ2) is 13.7. The molecule has 9 heteroatoms. The molecule has 4 rings (SSSR count). The summed E-state index contributed by atoms with van der Waals surface area (Å²) < 4.78 is 17.1. The third-order valence-electron chi connectivity index (χ3n) is 7.13. The molecule has 0 saturated carbocycles. The van der Waals surface area contributed by atoms with E-state index in [9.17, 15) is 4.79 Å². The van der Waals surface area contributed by atoms with Crippen molar-refractivity contribution in [3.63, 3.8) is 0 Å². The first kappa shape index (κ1) is 28.8. The molecule has 2 aliphatic rings. The number of hydrogen-bond acceptors (Lipinski definition) is 8. The van der Waals surface area contributed by atoms with Crippen molar-refractivity contribution in [2.24, 2.45) is 5.92 Å². The van der Waals surface area contributed by atoms with Gasteiger partial charge in [0.25, 0.3) is 0 Å². The number of likely N-dealkylation sites (tertiary alicyclic amines) is 2. The Bertz CT molecular complexity index is 1060. The Morgan fingerprint density at radius 3 is 2.51 bits per heavy atom. The fourth-order valence-corrected chi connectivity index (χ4v) is 5.01. The minimum Gasteiger partial charge on any atom is -0.493 e. The van der Waals surface area contributed by atoms with Gasteiger partial charge in [-0.1, -0.05) is 0 Å². The highest BCUT2D eigenvalue weighted by Crippen LogP contribution is 2.32. The summed E-state index contributed by atoms with van der Waals surface area (Å²) in [5.74, 6) is 2.71. The molecule has 3 heterocycles. The smallest absolute Gasteiger partial charge is 0.410 e. The average Bonchev–Trinajstić information content (AvgIpc) is 3.43. The van der Waals surface area contributed by atoms with E-state index in [2.05, 4.69) is 20.5 Å². The molecule has 0 spiro atoms. The number of piperidine rings is 1. The van der Waals surface area contributed by atoms with Crippen LogP contribution in [0.5, 0.6) is 11.5 Å². The SMILES string of the molecule is COc1ccc(Nc2cc(NCC3CCN(C(=O)OC(C)(C)C)CC3)ccn2)cc1OCCCN1CCCC1. The van der Waals surface area contributed by atoms with Crippen LogP contribution in [0, 0.1) is 5.92 Å². The zero-order valence-electron chi connectivity index (χ0n) is 24.0. The second-order valence-electron chi connectivity index (χ2n) is 11.5. The molecule has 2 saturated heterocycles. The van der Waals surface area contributed by atoms with E-state index in [4.69, 9.17) is 14.2 Å². The van der Waals surface area contributed by atoms with E-state index in [-0.39, 0.29) is 6.09 Å². The molecule has 0 bridgehead atoms. The Morgan fingerprint density at radius 1 is 1.03 bits per heavy atom. The topological polar surface area (TPSA) is 88.2 Å². The van der Waals surface area contributed by atoms with Crippen molar-refractivity contribution < 1.29 is 19.0 Å². The predicted octanol–water partition coefficient (Wildman–Crippen LogP) is 5.76. The predicted molar refractivity (Wildman–Crippen MR) is 155 cm³/mol. The number of carbonyl (C=O) groups excluding carboxylic acids is 1. The van der Waals surface area contributed by atoms with Crippen molar-refractivity contribution in [2.45, 2.75) is 58.5 Å². The van der Waals surface area contributed by atoms with Gasteiger partial charge in [-0.25, -0.2) is 9.78 Å². The number of benzene rings is 1. The fraction of sp³-hybridized carbons (Fsp3) is 0.600.